The first-order valence-corrected chi connectivity index (χ1v) is 12.9. The molecule has 8 nitrogen and oxygen atoms in total. The standard InChI is InChI=1S/C24H27N5O3S/c1-2-3-10-19(27-23-17-9-4-5-11-21(17)33(31,32)29-23)24(30)25-16-12-13-18-20(14-16)28-22(26-18)15-7-6-8-15/h4-5,9,11-15,19H,2-3,6-8,10H2,1H3,(H,25,30)(H,26,28)(H,27,29). The molecule has 0 spiro atoms. The lowest BCUT2D eigenvalue weighted by Crippen LogP contribution is -2.30. The maximum absolute atomic E-state index is 13.2. The third-order valence-electron chi connectivity index (χ3n) is 6.34. The Morgan fingerprint density at radius 1 is 1.24 bits per heavy atom. The van der Waals surface area contributed by atoms with Gasteiger partial charge in [-0.2, -0.15) is 0 Å². The number of carbonyl (C=O) groups is 1. The van der Waals surface area contributed by atoms with E-state index < -0.39 is 16.1 Å². The number of nitrogens with one attached hydrogen (secondary N) is 3. The van der Waals surface area contributed by atoms with Crippen molar-refractivity contribution in [3.8, 4) is 0 Å². The molecule has 1 fully saturated rings. The van der Waals surface area contributed by atoms with Crippen LogP contribution in [0, 0.1) is 0 Å². The third kappa shape index (κ3) is 4.25. The number of rotatable bonds is 7. The summed E-state index contributed by atoms with van der Waals surface area (Å²) in [5, 5.41) is 2.96. The van der Waals surface area contributed by atoms with E-state index in [2.05, 4.69) is 25.0 Å². The largest absolute Gasteiger partial charge is 0.342 e. The number of fused-ring (bicyclic) bond motifs is 2. The number of nitrogens with zero attached hydrogens (tertiary/aromatic N) is 2. The number of sulfonamides is 1. The number of aromatic nitrogens is 2. The molecule has 9 heteroatoms. The first kappa shape index (κ1) is 21.6. The lowest BCUT2D eigenvalue weighted by Gasteiger charge is -2.22. The number of benzene rings is 2. The normalized spacial score (nSPS) is 19.1. The maximum atomic E-state index is 13.2. The lowest BCUT2D eigenvalue weighted by molar-refractivity contribution is -0.117. The molecule has 1 aliphatic heterocycles. The highest BCUT2D eigenvalue weighted by Crippen LogP contribution is 2.35. The first-order valence-electron chi connectivity index (χ1n) is 11.4. The molecule has 172 valence electrons. The molecule has 0 bridgehead atoms. The molecule has 1 aliphatic carbocycles. The number of hydrogen-bond donors (Lipinski definition) is 3. The van der Waals surface area contributed by atoms with E-state index in [4.69, 9.17) is 0 Å². The molecule has 2 aliphatic rings. The van der Waals surface area contributed by atoms with Gasteiger partial charge < -0.3 is 10.3 Å². The average Bonchev–Trinajstić information content (AvgIpc) is 3.27. The molecular weight excluding hydrogens is 438 g/mol. The molecule has 1 atom stereocenters. The number of amidine groups is 1. The number of amides is 1. The molecule has 1 aromatic heterocycles. The summed E-state index contributed by atoms with van der Waals surface area (Å²) in [4.78, 5) is 26.0. The van der Waals surface area contributed by atoms with Gasteiger partial charge >= 0.3 is 0 Å². The van der Waals surface area contributed by atoms with Crippen molar-refractivity contribution in [1.82, 2.24) is 14.7 Å². The summed E-state index contributed by atoms with van der Waals surface area (Å²) in [7, 11) is -3.66. The predicted octanol–water partition coefficient (Wildman–Crippen LogP) is 4.07. The van der Waals surface area contributed by atoms with Crippen LogP contribution in [0.3, 0.4) is 0 Å². The summed E-state index contributed by atoms with van der Waals surface area (Å²) in [6.45, 7) is 2.04. The molecular formula is C24H27N5O3S. The molecule has 3 N–H and O–H groups in total. The first-order chi connectivity index (χ1) is 15.9. The topological polar surface area (TPSA) is 116 Å². The Morgan fingerprint density at radius 2 is 2.06 bits per heavy atom. The molecule has 3 aromatic rings. The fourth-order valence-corrected chi connectivity index (χ4v) is 5.48. The summed E-state index contributed by atoms with van der Waals surface area (Å²) in [6.07, 6.45) is 5.79. The van der Waals surface area contributed by atoms with Gasteiger partial charge in [0, 0.05) is 17.2 Å². The predicted molar refractivity (Wildman–Crippen MR) is 128 cm³/mol. The number of aromatic amines is 1. The van der Waals surface area contributed by atoms with Crippen molar-refractivity contribution in [3.63, 3.8) is 0 Å². The van der Waals surface area contributed by atoms with E-state index in [9.17, 15) is 13.2 Å². The van der Waals surface area contributed by atoms with Crippen LogP contribution in [0.4, 0.5) is 5.69 Å². The van der Waals surface area contributed by atoms with Crippen molar-refractivity contribution in [3.05, 3.63) is 53.9 Å². The Hall–Kier alpha value is -3.20. The summed E-state index contributed by atoms with van der Waals surface area (Å²) in [5.74, 6) is 1.47. The SMILES string of the molecule is CCCCC(N=C1NS(=O)(=O)c2ccccc21)C(=O)Nc1ccc2nc(C3CCC3)[nH]c2c1. The Labute approximate surface area is 193 Å². The van der Waals surface area contributed by atoms with Crippen molar-refractivity contribution >= 4 is 38.5 Å². The van der Waals surface area contributed by atoms with E-state index in [1.165, 1.54) is 6.42 Å². The highest BCUT2D eigenvalue weighted by atomic mass is 32.2. The van der Waals surface area contributed by atoms with Crippen LogP contribution in [0.2, 0.25) is 0 Å². The van der Waals surface area contributed by atoms with Gasteiger partial charge in [-0.25, -0.2) is 13.4 Å². The summed E-state index contributed by atoms with van der Waals surface area (Å²) in [5.41, 5.74) is 2.93. The molecule has 2 heterocycles. The van der Waals surface area contributed by atoms with Gasteiger partial charge in [0.15, 0.2) is 0 Å². The molecule has 2 aromatic carbocycles. The number of anilines is 1. The average molecular weight is 466 g/mol. The number of unbranched alkanes of at least 4 members (excludes halogenated alkanes) is 1. The fraction of sp³-hybridized carbons (Fsp3) is 0.375. The van der Waals surface area contributed by atoms with Crippen molar-refractivity contribution in [2.75, 3.05) is 5.32 Å². The second-order valence-electron chi connectivity index (χ2n) is 8.71. The van der Waals surface area contributed by atoms with E-state index in [1.54, 1.807) is 24.3 Å². The number of imidazole rings is 1. The highest BCUT2D eigenvalue weighted by molar-refractivity contribution is 7.90. The van der Waals surface area contributed by atoms with Crippen LogP contribution < -0.4 is 10.0 Å². The van der Waals surface area contributed by atoms with Crippen LogP contribution in [0.25, 0.3) is 11.0 Å². The number of carbonyl (C=O) groups excluding carboxylic acids is 1. The maximum Gasteiger partial charge on any atom is 0.263 e. The zero-order chi connectivity index (χ0) is 23.0. The smallest absolute Gasteiger partial charge is 0.263 e. The molecule has 1 amide bonds. The van der Waals surface area contributed by atoms with Crippen LogP contribution in [0.5, 0.6) is 0 Å². The zero-order valence-corrected chi connectivity index (χ0v) is 19.3. The minimum atomic E-state index is -3.66. The number of aliphatic imine (C=N–C) groups is 1. The van der Waals surface area contributed by atoms with Gasteiger partial charge in [0.05, 0.1) is 15.9 Å². The minimum Gasteiger partial charge on any atom is -0.342 e. The van der Waals surface area contributed by atoms with Gasteiger partial charge in [0.25, 0.3) is 10.0 Å². The minimum absolute atomic E-state index is 0.186. The van der Waals surface area contributed by atoms with Gasteiger partial charge in [0.1, 0.15) is 17.7 Å². The van der Waals surface area contributed by atoms with Crippen LogP contribution in [0.1, 0.15) is 62.8 Å². The van der Waals surface area contributed by atoms with Crippen LogP contribution in [-0.4, -0.2) is 36.2 Å². The van der Waals surface area contributed by atoms with Gasteiger partial charge in [-0.15, -0.1) is 0 Å². The lowest BCUT2D eigenvalue weighted by atomic mass is 9.85. The van der Waals surface area contributed by atoms with Gasteiger partial charge in [-0.05, 0) is 49.6 Å². The van der Waals surface area contributed by atoms with E-state index in [0.29, 0.717) is 23.6 Å². The Balaban J connectivity index is 1.39. The van der Waals surface area contributed by atoms with Crippen molar-refractivity contribution in [2.45, 2.75) is 62.3 Å². The summed E-state index contributed by atoms with van der Waals surface area (Å²) in [6, 6.07) is 11.6. The molecule has 1 unspecified atom stereocenters. The Kier molecular flexibility index (Phi) is 5.65. The number of H-pyrrole nitrogens is 1. The van der Waals surface area contributed by atoms with Gasteiger partial charge in [-0.1, -0.05) is 38.3 Å². The summed E-state index contributed by atoms with van der Waals surface area (Å²) >= 11 is 0. The van der Waals surface area contributed by atoms with Gasteiger partial charge in [0.2, 0.25) is 5.91 Å². The van der Waals surface area contributed by atoms with Crippen molar-refractivity contribution < 1.29 is 13.2 Å². The quantitative estimate of drug-likeness (QED) is 0.488. The number of hydrogen-bond acceptors (Lipinski definition) is 5. The highest BCUT2D eigenvalue weighted by Gasteiger charge is 2.32. The van der Waals surface area contributed by atoms with Crippen molar-refractivity contribution in [2.24, 2.45) is 4.99 Å². The van der Waals surface area contributed by atoms with E-state index in [0.717, 1.165) is 42.5 Å². The molecule has 0 radical (unpaired) electrons. The zero-order valence-electron chi connectivity index (χ0n) is 18.5. The van der Waals surface area contributed by atoms with E-state index in [1.807, 2.05) is 25.1 Å². The third-order valence-corrected chi connectivity index (χ3v) is 7.74. The van der Waals surface area contributed by atoms with E-state index in [-0.39, 0.29) is 16.6 Å². The second kappa shape index (κ2) is 8.62. The van der Waals surface area contributed by atoms with Gasteiger partial charge in [-0.3, -0.25) is 14.5 Å². The fourth-order valence-electron chi connectivity index (χ4n) is 4.25. The Morgan fingerprint density at radius 3 is 2.82 bits per heavy atom. The van der Waals surface area contributed by atoms with Crippen LogP contribution in [-0.2, 0) is 14.8 Å². The molecule has 0 saturated heterocycles. The summed E-state index contributed by atoms with van der Waals surface area (Å²) < 4.78 is 27.3. The molecule has 1 saturated carbocycles. The molecule has 5 rings (SSSR count). The van der Waals surface area contributed by atoms with Crippen LogP contribution >= 0.6 is 0 Å². The monoisotopic (exact) mass is 465 g/mol. The second-order valence-corrected chi connectivity index (χ2v) is 10.4. The van der Waals surface area contributed by atoms with Crippen LogP contribution in [0.15, 0.2) is 52.4 Å². The Bertz CT molecular complexity index is 1340. The molecule has 33 heavy (non-hydrogen) atoms. The van der Waals surface area contributed by atoms with E-state index >= 15 is 0 Å². The van der Waals surface area contributed by atoms with Crippen molar-refractivity contribution in [1.29, 1.82) is 0 Å².